The summed E-state index contributed by atoms with van der Waals surface area (Å²) in [4.78, 5) is 19.1. The van der Waals surface area contributed by atoms with E-state index in [1.54, 1.807) is 24.4 Å². The third-order valence-corrected chi connectivity index (χ3v) is 4.61. The van der Waals surface area contributed by atoms with Gasteiger partial charge in [0.25, 0.3) is 0 Å². The van der Waals surface area contributed by atoms with Crippen molar-refractivity contribution in [1.29, 1.82) is 0 Å². The summed E-state index contributed by atoms with van der Waals surface area (Å²) in [7, 11) is 5.05. The first kappa shape index (κ1) is 17.4. The van der Waals surface area contributed by atoms with Crippen LogP contribution in [-0.2, 0) is 36.0 Å². The lowest BCUT2D eigenvalue weighted by molar-refractivity contribution is -0.135. The monoisotopic (exact) mass is 347 g/mol. The van der Waals surface area contributed by atoms with Crippen molar-refractivity contribution in [2.24, 2.45) is 7.05 Å². The van der Waals surface area contributed by atoms with Crippen LogP contribution in [0.1, 0.15) is 17.0 Å². The van der Waals surface area contributed by atoms with Crippen molar-refractivity contribution in [3.8, 4) is 5.75 Å². The van der Waals surface area contributed by atoms with Gasteiger partial charge in [0, 0.05) is 37.9 Å². The third-order valence-electron chi connectivity index (χ3n) is 4.61. The first-order valence-electron chi connectivity index (χ1n) is 8.13. The highest BCUT2D eigenvalue weighted by atomic mass is 19.1. The lowest BCUT2D eigenvalue weighted by atomic mass is 10.0. The Morgan fingerprint density at radius 2 is 2.20 bits per heavy atom. The molecule has 1 amide bonds. The summed E-state index contributed by atoms with van der Waals surface area (Å²) < 4.78 is 25.8. The highest BCUT2D eigenvalue weighted by Crippen LogP contribution is 2.25. The van der Waals surface area contributed by atoms with Crippen LogP contribution < -0.4 is 4.74 Å². The molecule has 1 aromatic heterocycles. The zero-order chi connectivity index (χ0) is 18.0. The second kappa shape index (κ2) is 7.23. The molecule has 0 spiro atoms. The van der Waals surface area contributed by atoms with E-state index in [2.05, 4.69) is 4.98 Å². The Bertz CT molecular complexity index is 775. The van der Waals surface area contributed by atoms with Crippen LogP contribution >= 0.6 is 0 Å². The van der Waals surface area contributed by atoms with Gasteiger partial charge in [0.2, 0.25) is 5.91 Å². The minimum Gasteiger partial charge on any atom is -0.496 e. The SMILES string of the molecule is COCC1Cc2c(ncn2C)CN1C(=O)Cc1ccc(F)cc1OC. The number of imidazole rings is 1. The topological polar surface area (TPSA) is 56.6 Å². The largest absolute Gasteiger partial charge is 0.496 e. The molecule has 0 saturated heterocycles. The molecule has 6 nitrogen and oxygen atoms in total. The maximum atomic E-state index is 13.4. The minimum absolute atomic E-state index is 0.0492. The number of benzene rings is 1. The number of fused-ring (bicyclic) bond motifs is 1. The van der Waals surface area contributed by atoms with Gasteiger partial charge in [0.15, 0.2) is 0 Å². The summed E-state index contributed by atoms with van der Waals surface area (Å²) in [6.45, 7) is 0.906. The van der Waals surface area contributed by atoms with E-state index in [9.17, 15) is 9.18 Å². The van der Waals surface area contributed by atoms with E-state index in [1.807, 2.05) is 11.6 Å². The molecule has 134 valence electrons. The van der Waals surface area contributed by atoms with Gasteiger partial charge < -0.3 is 18.9 Å². The van der Waals surface area contributed by atoms with Crippen molar-refractivity contribution in [1.82, 2.24) is 14.5 Å². The summed E-state index contributed by atoms with van der Waals surface area (Å²) in [5, 5.41) is 0. The molecule has 1 aliphatic heterocycles. The number of carbonyl (C=O) groups excluding carboxylic acids is 1. The van der Waals surface area contributed by atoms with E-state index in [4.69, 9.17) is 9.47 Å². The molecule has 0 fully saturated rings. The van der Waals surface area contributed by atoms with Crippen molar-refractivity contribution in [3.63, 3.8) is 0 Å². The van der Waals surface area contributed by atoms with Crippen molar-refractivity contribution in [3.05, 3.63) is 47.3 Å². The van der Waals surface area contributed by atoms with Crippen LogP contribution in [0.5, 0.6) is 5.75 Å². The number of rotatable bonds is 5. The van der Waals surface area contributed by atoms with Crippen LogP contribution in [0, 0.1) is 5.82 Å². The molecule has 1 unspecified atom stereocenters. The second-order valence-corrected chi connectivity index (χ2v) is 6.22. The van der Waals surface area contributed by atoms with E-state index in [0.717, 1.165) is 11.4 Å². The van der Waals surface area contributed by atoms with Crippen molar-refractivity contribution in [2.75, 3.05) is 20.8 Å². The van der Waals surface area contributed by atoms with Gasteiger partial charge in [-0.15, -0.1) is 0 Å². The van der Waals surface area contributed by atoms with Gasteiger partial charge >= 0.3 is 0 Å². The molecule has 0 radical (unpaired) electrons. The highest BCUT2D eigenvalue weighted by Gasteiger charge is 2.32. The first-order chi connectivity index (χ1) is 12.0. The van der Waals surface area contributed by atoms with Gasteiger partial charge in [0.1, 0.15) is 11.6 Å². The molecular formula is C18H22FN3O3. The molecule has 0 aliphatic carbocycles. The Morgan fingerprint density at radius 1 is 1.40 bits per heavy atom. The van der Waals surface area contributed by atoms with E-state index in [-0.39, 0.29) is 24.2 Å². The molecular weight excluding hydrogens is 325 g/mol. The Balaban J connectivity index is 1.82. The maximum absolute atomic E-state index is 13.4. The molecule has 7 heteroatoms. The van der Waals surface area contributed by atoms with Gasteiger partial charge in [-0.05, 0) is 6.07 Å². The molecule has 0 N–H and O–H groups in total. The number of hydrogen-bond acceptors (Lipinski definition) is 4. The highest BCUT2D eigenvalue weighted by molar-refractivity contribution is 5.80. The van der Waals surface area contributed by atoms with Crippen LogP contribution in [0.2, 0.25) is 0 Å². The van der Waals surface area contributed by atoms with Gasteiger partial charge in [-0.25, -0.2) is 9.37 Å². The number of halogens is 1. The normalized spacial score (nSPS) is 16.6. The zero-order valence-electron chi connectivity index (χ0n) is 14.7. The average Bonchev–Trinajstić information content (AvgIpc) is 2.96. The quantitative estimate of drug-likeness (QED) is 0.826. The third kappa shape index (κ3) is 3.51. The molecule has 1 aliphatic rings. The minimum atomic E-state index is -0.388. The van der Waals surface area contributed by atoms with Gasteiger partial charge in [-0.2, -0.15) is 0 Å². The van der Waals surface area contributed by atoms with Crippen LogP contribution in [0.3, 0.4) is 0 Å². The number of ether oxygens (including phenoxy) is 2. The van der Waals surface area contributed by atoms with E-state index < -0.39 is 0 Å². The van der Waals surface area contributed by atoms with Gasteiger partial charge in [0.05, 0.1) is 44.7 Å². The lowest BCUT2D eigenvalue weighted by Gasteiger charge is -2.35. The summed E-state index contributed by atoms with van der Waals surface area (Å²) in [6.07, 6.45) is 2.61. The predicted molar refractivity (Wildman–Crippen MR) is 89.8 cm³/mol. The number of aryl methyl sites for hydroxylation is 1. The molecule has 25 heavy (non-hydrogen) atoms. The molecule has 0 bridgehead atoms. The molecule has 1 aromatic carbocycles. The molecule has 2 heterocycles. The first-order valence-corrected chi connectivity index (χ1v) is 8.13. The second-order valence-electron chi connectivity index (χ2n) is 6.22. The Labute approximate surface area is 146 Å². The lowest BCUT2D eigenvalue weighted by Crippen LogP contribution is -2.47. The Kier molecular flexibility index (Phi) is 5.03. The van der Waals surface area contributed by atoms with Gasteiger partial charge in [-0.3, -0.25) is 4.79 Å². The summed E-state index contributed by atoms with van der Waals surface area (Å²) >= 11 is 0. The van der Waals surface area contributed by atoms with Crippen LogP contribution in [0.15, 0.2) is 24.5 Å². The van der Waals surface area contributed by atoms with Crippen LogP contribution in [0.25, 0.3) is 0 Å². The fraction of sp³-hybridized carbons (Fsp3) is 0.444. The zero-order valence-corrected chi connectivity index (χ0v) is 14.7. The summed E-state index contributed by atoms with van der Waals surface area (Å²) in [5.41, 5.74) is 2.71. The van der Waals surface area contributed by atoms with Gasteiger partial charge in [-0.1, -0.05) is 6.07 Å². The number of carbonyl (C=O) groups is 1. The molecule has 0 saturated carbocycles. The van der Waals surface area contributed by atoms with Crippen molar-refractivity contribution >= 4 is 5.91 Å². The fourth-order valence-electron chi connectivity index (χ4n) is 3.28. The van der Waals surface area contributed by atoms with Crippen molar-refractivity contribution < 1.29 is 18.7 Å². The maximum Gasteiger partial charge on any atom is 0.227 e. The van der Waals surface area contributed by atoms with E-state index in [0.29, 0.717) is 30.9 Å². The smallest absolute Gasteiger partial charge is 0.227 e. The molecule has 1 atom stereocenters. The number of aromatic nitrogens is 2. The fourth-order valence-corrected chi connectivity index (χ4v) is 3.28. The van der Waals surface area contributed by atoms with Crippen LogP contribution in [0.4, 0.5) is 4.39 Å². The molecule has 2 aromatic rings. The number of methoxy groups -OCH3 is 2. The summed E-state index contributed by atoms with van der Waals surface area (Å²) in [6, 6.07) is 4.17. The number of nitrogens with zero attached hydrogens (tertiary/aromatic N) is 3. The van der Waals surface area contributed by atoms with E-state index in [1.165, 1.54) is 19.2 Å². The van der Waals surface area contributed by atoms with Crippen LogP contribution in [-0.4, -0.2) is 47.2 Å². The van der Waals surface area contributed by atoms with E-state index >= 15 is 0 Å². The number of hydrogen-bond donors (Lipinski definition) is 0. The average molecular weight is 347 g/mol. The predicted octanol–water partition coefficient (Wildman–Crippen LogP) is 1.71. The Hall–Kier alpha value is -2.41. The molecule has 3 rings (SSSR count). The Morgan fingerprint density at radius 3 is 2.92 bits per heavy atom. The van der Waals surface area contributed by atoms with Crippen molar-refractivity contribution in [2.45, 2.75) is 25.4 Å². The standard InChI is InChI=1S/C18H22FN3O3/c1-21-11-20-15-9-22(14(10-24-2)8-16(15)21)18(23)6-12-4-5-13(19)7-17(12)25-3/h4-5,7,11,14H,6,8-10H2,1-3H3. The number of amides is 1. The summed E-state index contributed by atoms with van der Waals surface area (Å²) in [5.74, 6) is -0.0585.